The molecule has 0 fully saturated rings. The molecular weight excluding hydrogens is 270 g/mol. The van der Waals surface area contributed by atoms with E-state index >= 15 is 0 Å². The standard InChI is InChI=1S/C20H27NO/c1-15(13-17-9-10-18(22-17)14-21-5)8-11-19-16(2)7-6-12-20(19,3)4/h8-11,13-14H,6-7,12H2,1-5H3/b11-8+,15-13+,21-14?. The molecule has 0 aliphatic heterocycles. The van der Waals surface area contributed by atoms with Gasteiger partial charge in [0, 0.05) is 7.05 Å². The number of furan rings is 1. The predicted molar refractivity (Wildman–Crippen MR) is 95.3 cm³/mol. The minimum atomic E-state index is 0.286. The maximum atomic E-state index is 5.68. The molecule has 0 amide bonds. The second kappa shape index (κ2) is 6.95. The summed E-state index contributed by atoms with van der Waals surface area (Å²) in [6.45, 7) is 9.06. The van der Waals surface area contributed by atoms with E-state index in [1.807, 2.05) is 12.1 Å². The average Bonchev–Trinajstić information content (AvgIpc) is 2.85. The molecule has 2 nitrogen and oxygen atoms in total. The maximum Gasteiger partial charge on any atom is 0.145 e. The first-order valence-corrected chi connectivity index (χ1v) is 8.01. The lowest BCUT2D eigenvalue weighted by Gasteiger charge is -2.32. The zero-order chi connectivity index (χ0) is 16.2. The van der Waals surface area contributed by atoms with Crippen LogP contribution in [0.5, 0.6) is 0 Å². The van der Waals surface area contributed by atoms with Crippen molar-refractivity contribution < 1.29 is 4.42 Å². The van der Waals surface area contributed by atoms with E-state index in [-0.39, 0.29) is 5.41 Å². The molecule has 0 spiro atoms. The second-order valence-electron chi connectivity index (χ2n) is 6.78. The molecule has 1 aliphatic carbocycles. The first kappa shape index (κ1) is 16.5. The van der Waals surface area contributed by atoms with E-state index in [4.69, 9.17) is 4.42 Å². The second-order valence-corrected chi connectivity index (χ2v) is 6.78. The molecule has 22 heavy (non-hydrogen) atoms. The van der Waals surface area contributed by atoms with Gasteiger partial charge >= 0.3 is 0 Å². The Labute approximate surface area is 134 Å². The van der Waals surface area contributed by atoms with E-state index in [2.05, 4.69) is 50.9 Å². The summed E-state index contributed by atoms with van der Waals surface area (Å²) in [5.74, 6) is 1.66. The summed E-state index contributed by atoms with van der Waals surface area (Å²) in [4.78, 5) is 3.96. The Kier molecular flexibility index (Phi) is 5.23. The number of rotatable bonds is 4. The lowest BCUT2D eigenvalue weighted by Crippen LogP contribution is -2.19. The Morgan fingerprint density at radius 2 is 2.00 bits per heavy atom. The van der Waals surface area contributed by atoms with Gasteiger partial charge in [-0.05, 0) is 67.9 Å². The Morgan fingerprint density at radius 3 is 2.68 bits per heavy atom. The fourth-order valence-corrected chi connectivity index (χ4v) is 3.14. The highest BCUT2D eigenvalue weighted by molar-refractivity contribution is 5.76. The predicted octanol–water partition coefficient (Wildman–Crippen LogP) is 5.81. The fourth-order valence-electron chi connectivity index (χ4n) is 3.14. The summed E-state index contributed by atoms with van der Waals surface area (Å²) in [6.07, 6.45) is 12.1. The zero-order valence-electron chi connectivity index (χ0n) is 14.4. The van der Waals surface area contributed by atoms with Crippen LogP contribution in [-0.2, 0) is 0 Å². The molecule has 0 bridgehead atoms. The topological polar surface area (TPSA) is 25.5 Å². The molecule has 0 aromatic carbocycles. The minimum absolute atomic E-state index is 0.286. The van der Waals surface area contributed by atoms with E-state index in [1.54, 1.807) is 13.3 Å². The summed E-state index contributed by atoms with van der Waals surface area (Å²) in [5, 5.41) is 0. The van der Waals surface area contributed by atoms with Gasteiger partial charge in [-0.1, -0.05) is 31.6 Å². The van der Waals surface area contributed by atoms with Crippen LogP contribution in [0.15, 0.2) is 50.4 Å². The van der Waals surface area contributed by atoms with Crippen molar-refractivity contribution in [2.75, 3.05) is 7.05 Å². The van der Waals surface area contributed by atoms with E-state index in [0.717, 1.165) is 11.5 Å². The molecular formula is C20H27NO. The van der Waals surface area contributed by atoms with Crippen molar-refractivity contribution in [2.45, 2.75) is 47.0 Å². The maximum absolute atomic E-state index is 5.68. The molecule has 2 heteroatoms. The number of hydrogen-bond acceptors (Lipinski definition) is 2. The number of nitrogens with zero attached hydrogens (tertiary/aromatic N) is 1. The van der Waals surface area contributed by atoms with E-state index in [9.17, 15) is 0 Å². The molecule has 0 saturated carbocycles. The van der Waals surface area contributed by atoms with Crippen LogP contribution in [0.2, 0.25) is 0 Å². The SMILES string of the molecule is CN=Cc1ccc(/C=C(C)/C=C/C2=C(C)CCCC2(C)C)o1. The van der Waals surface area contributed by atoms with Crippen LogP contribution in [0.25, 0.3) is 6.08 Å². The average molecular weight is 297 g/mol. The molecule has 0 atom stereocenters. The smallest absolute Gasteiger partial charge is 0.145 e. The van der Waals surface area contributed by atoms with Crippen LogP contribution in [0.3, 0.4) is 0 Å². The van der Waals surface area contributed by atoms with Gasteiger partial charge in [0.05, 0.1) is 6.21 Å². The normalized spacial score (nSPS) is 19.6. The first-order valence-electron chi connectivity index (χ1n) is 8.01. The van der Waals surface area contributed by atoms with Gasteiger partial charge in [0.15, 0.2) is 0 Å². The van der Waals surface area contributed by atoms with Crippen molar-refractivity contribution in [1.82, 2.24) is 0 Å². The van der Waals surface area contributed by atoms with Crippen LogP contribution in [0.4, 0.5) is 0 Å². The molecule has 0 unspecified atom stereocenters. The van der Waals surface area contributed by atoms with Gasteiger partial charge in [-0.25, -0.2) is 0 Å². The van der Waals surface area contributed by atoms with Gasteiger partial charge in [0.1, 0.15) is 11.5 Å². The van der Waals surface area contributed by atoms with E-state index < -0.39 is 0 Å². The van der Waals surface area contributed by atoms with Crippen molar-refractivity contribution in [3.05, 3.63) is 52.5 Å². The van der Waals surface area contributed by atoms with Crippen LogP contribution >= 0.6 is 0 Å². The lowest BCUT2D eigenvalue weighted by molar-refractivity contribution is 0.377. The molecule has 1 aromatic rings. The van der Waals surface area contributed by atoms with Crippen LogP contribution < -0.4 is 0 Å². The Bertz CT molecular complexity index is 638. The Hall–Kier alpha value is -1.83. The van der Waals surface area contributed by atoms with Crippen molar-refractivity contribution in [1.29, 1.82) is 0 Å². The summed E-state index contributed by atoms with van der Waals surface area (Å²) >= 11 is 0. The van der Waals surface area contributed by atoms with Gasteiger partial charge < -0.3 is 4.42 Å². The van der Waals surface area contributed by atoms with Gasteiger partial charge in [0.2, 0.25) is 0 Å². The number of allylic oxidation sites excluding steroid dienone is 5. The number of aliphatic imine (C=N–C) groups is 1. The van der Waals surface area contributed by atoms with Crippen LogP contribution in [-0.4, -0.2) is 13.3 Å². The van der Waals surface area contributed by atoms with Crippen LogP contribution in [0, 0.1) is 5.41 Å². The highest BCUT2D eigenvalue weighted by atomic mass is 16.3. The van der Waals surface area contributed by atoms with Crippen molar-refractivity contribution >= 4 is 12.3 Å². The van der Waals surface area contributed by atoms with Gasteiger partial charge in [-0.2, -0.15) is 0 Å². The monoisotopic (exact) mass is 297 g/mol. The molecule has 2 rings (SSSR count). The third-order valence-corrected chi connectivity index (χ3v) is 4.33. The third-order valence-electron chi connectivity index (χ3n) is 4.33. The summed E-state index contributed by atoms with van der Waals surface area (Å²) in [5.41, 5.74) is 4.50. The number of hydrogen-bond donors (Lipinski definition) is 0. The molecule has 1 aliphatic rings. The Morgan fingerprint density at radius 1 is 1.27 bits per heavy atom. The van der Waals surface area contributed by atoms with Crippen molar-refractivity contribution in [2.24, 2.45) is 10.4 Å². The quantitative estimate of drug-likeness (QED) is 0.508. The van der Waals surface area contributed by atoms with Crippen molar-refractivity contribution in [3.63, 3.8) is 0 Å². The minimum Gasteiger partial charge on any atom is -0.456 e. The molecule has 0 radical (unpaired) electrons. The molecule has 1 aromatic heterocycles. The highest BCUT2D eigenvalue weighted by Crippen LogP contribution is 2.40. The fraction of sp³-hybridized carbons (Fsp3) is 0.450. The summed E-state index contributed by atoms with van der Waals surface area (Å²) in [6, 6.07) is 3.91. The van der Waals surface area contributed by atoms with E-state index in [0.29, 0.717) is 0 Å². The summed E-state index contributed by atoms with van der Waals surface area (Å²) < 4.78 is 5.68. The molecule has 1 heterocycles. The van der Waals surface area contributed by atoms with Crippen LogP contribution in [0.1, 0.15) is 58.5 Å². The summed E-state index contributed by atoms with van der Waals surface area (Å²) in [7, 11) is 1.74. The molecule has 0 N–H and O–H groups in total. The van der Waals surface area contributed by atoms with Gasteiger partial charge in [0.25, 0.3) is 0 Å². The van der Waals surface area contributed by atoms with Gasteiger partial charge in [-0.3, -0.25) is 4.99 Å². The highest BCUT2D eigenvalue weighted by Gasteiger charge is 2.26. The zero-order valence-corrected chi connectivity index (χ0v) is 14.4. The third kappa shape index (κ3) is 4.09. The van der Waals surface area contributed by atoms with Gasteiger partial charge in [-0.15, -0.1) is 0 Å². The Balaban J connectivity index is 2.16. The molecule has 0 saturated heterocycles. The van der Waals surface area contributed by atoms with Crippen molar-refractivity contribution in [3.8, 4) is 0 Å². The van der Waals surface area contributed by atoms with E-state index in [1.165, 1.54) is 36.0 Å². The first-order chi connectivity index (χ1) is 10.4. The lowest BCUT2D eigenvalue weighted by atomic mass is 9.72. The molecule has 118 valence electrons. The largest absolute Gasteiger partial charge is 0.456 e.